The molecule has 0 radical (unpaired) electrons. The van der Waals surface area contributed by atoms with Gasteiger partial charge in [-0.2, -0.15) is 4.98 Å². The molecule has 0 aliphatic carbocycles. The van der Waals surface area contributed by atoms with E-state index in [9.17, 15) is 4.79 Å². The zero-order valence-corrected chi connectivity index (χ0v) is 10.8. The molecular formula is C9H9BrClN3O2. The number of amides is 1. The summed E-state index contributed by atoms with van der Waals surface area (Å²) in [5, 5.41) is 0.239. The van der Waals surface area contributed by atoms with E-state index in [0.717, 1.165) is 0 Å². The van der Waals surface area contributed by atoms with E-state index in [1.807, 2.05) is 0 Å². The van der Waals surface area contributed by atoms with Gasteiger partial charge in [0.25, 0.3) is 5.88 Å². The maximum absolute atomic E-state index is 11.7. The summed E-state index contributed by atoms with van der Waals surface area (Å²) in [4.78, 5) is 21.4. The summed E-state index contributed by atoms with van der Waals surface area (Å²) in [7, 11) is 1.47. The zero-order valence-electron chi connectivity index (χ0n) is 8.48. The predicted octanol–water partition coefficient (Wildman–Crippen LogP) is 1.64. The number of nitrogens with zero attached hydrogens (tertiary/aromatic N) is 3. The van der Waals surface area contributed by atoms with Gasteiger partial charge in [-0.05, 0) is 0 Å². The van der Waals surface area contributed by atoms with Gasteiger partial charge in [0.15, 0.2) is 11.0 Å². The summed E-state index contributed by atoms with van der Waals surface area (Å²) in [5.41, 5.74) is 0. The van der Waals surface area contributed by atoms with E-state index in [0.29, 0.717) is 18.8 Å². The molecule has 16 heavy (non-hydrogen) atoms. The number of hydrogen-bond donors (Lipinski definition) is 0. The van der Waals surface area contributed by atoms with E-state index in [1.54, 1.807) is 4.90 Å². The molecule has 0 N–H and O–H groups in total. The van der Waals surface area contributed by atoms with Crippen LogP contribution in [0.1, 0.15) is 6.42 Å². The van der Waals surface area contributed by atoms with Crippen LogP contribution < -0.4 is 9.64 Å². The smallest absolute Gasteiger partial charge is 0.259 e. The van der Waals surface area contributed by atoms with Crippen LogP contribution in [0.4, 0.5) is 5.82 Å². The molecule has 1 aromatic heterocycles. The lowest BCUT2D eigenvalue weighted by Crippen LogP contribution is -2.26. The molecule has 2 heterocycles. The van der Waals surface area contributed by atoms with Crippen molar-refractivity contribution >= 4 is 39.3 Å². The third-order valence-electron chi connectivity index (χ3n) is 2.22. The van der Waals surface area contributed by atoms with Crippen molar-refractivity contribution in [2.45, 2.75) is 11.2 Å². The molecule has 2 rings (SSSR count). The number of carbonyl (C=O) groups excluding carboxylic acids is 1. The molecule has 1 atom stereocenters. The van der Waals surface area contributed by atoms with Gasteiger partial charge in [0, 0.05) is 17.8 Å². The Balaban J connectivity index is 2.36. The van der Waals surface area contributed by atoms with Gasteiger partial charge in [-0.3, -0.25) is 9.69 Å². The summed E-state index contributed by atoms with van der Waals surface area (Å²) in [5.74, 6) is 0.679. The Labute approximate surface area is 106 Å². The highest BCUT2D eigenvalue weighted by atomic mass is 79.9. The molecule has 5 nitrogen and oxygen atoms in total. The molecule has 1 amide bonds. The van der Waals surface area contributed by atoms with Crippen LogP contribution in [0.3, 0.4) is 0 Å². The van der Waals surface area contributed by atoms with E-state index in [1.165, 1.54) is 13.3 Å². The molecular weight excluding hydrogens is 297 g/mol. The van der Waals surface area contributed by atoms with Crippen molar-refractivity contribution in [1.29, 1.82) is 0 Å². The Kier molecular flexibility index (Phi) is 3.30. The first kappa shape index (κ1) is 11.6. The Morgan fingerprint density at radius 2 is 2.44 bits per heavy atom. The number of aromatic nitrogens is 2. The molecule has 1 saturated heterocycles. The molecule has 1 unspecified atom stereocenters. The molecule has 0 saturated carbocycles. The number of halogens is 2. The van der Waals surface area contributed by atoms with Gasteiger partial charge in [0.2, 0.25) is 5.91 Å². The second-order valence-corrected chi connectivity index (χ2v) is 5.01. The molecule has 0 aromatic carbocycles. The lowest BCUT2D eigenvalue weighted by atomic mass is 10.4. The maximum atomic E-state index is 11.7. The number of carbonyl (C=O) groups is 1. The van der Waals surface area contributed by atoms with Gasteiger partial charge in [-0.15, -0.1) is 0 Å². The number of anilines is 1. The number of methoxy groups -OCH3 is 1. The molecule has 1 aromatic rings. The lowest BCUT2D eigenvalue weighted by molar-refractivity contribution is -0.117. The van der Waals surface area contributed by atoms with E-state index in [4.69, 9.17) is 16.3 Å². The van der Waals surface area contributed by atoms with Crippen LogP contribution in [0.25, 0.3) is 0 Å². The van der Waals surface area contributed by atoms with E-state index >= 15 is 0 Å². The average Bonchev–Trinajstić information content (AvgIpc) is 2.57. The van der Waals surface area contributed by atoms with Crippen molar-refractivity contribution in [2.75, 3.05) is 18.6 Å². The second kappa shape index (κ2) is 4.55. The van der Waals surface area contributed by atoms with Crippen molar-refractivity contribution in [3.8, 4) is 5.88 Å². The van der Waals surface area contributed by atoms with Gasteiger partial charge in [0.05, 0.1) is 13.3 Å². The molecule has 0 bridgehead atoms. The van der Waals surface area contributed by atoms with Gasteiger partial charge >= 0.3 is 0 Å². The predicted molar refractivity (Wildman–Crippen MR) is 63.3 cm³/mol. The Morgan fingerprint density at radius 3 is 3.00 bits per heavy atom. The minimum Gasteiger partial charge on any atom is -0.478 e. The summed E-state index contributed by atoms with van der Waals surface area (Å²) < 4.78 is 5.05. The van der Waals surface area contributed by atoms with Crippen molar-refractivity contribution in [3.63, 3.8) is 0 Å². The van der Waals surface area contributed by atoms with Crippen LogP contribution in [0.5, 0.6) is 5.88 Å². The van der Waals surface area contributed by atoms with E-state index < -0.39 is 0 Å². The SMILES string of the molecule is COc1nc(Cl)cnc1N1CC(Br)CC1=O. The fourth-order valence-corrected chi connectivity index (χ4v) is 2.23. The number of ether oxygens (including phenoxy) is 1. The fourth-order valence-electron chi connectivity index (χ4n) is 1.54. The highest BCUT2D eigenvalue weighted by Crippen LogP contribution is 2.30. The number of hydrogen-bond acceptors (Lipinski definition) is 4. The summed E-state index contributed by atoms with van der Waals surface area (Å²) in [6.07, 6.45) is 1.85. The van der Waals surface area contributed by atoms with Gasteiger partial charge < -0.3 is 4.74 Å². The quantitative estimate of drug-likeness (QED) is 0.780. The standard InChI is InChI=1S/C9H9BrClN3O2/c1-16-9-8(12-3-6(11)13-9)14-4-5(10)2-7(14)15/h3,5H,2,4H2,1H3. The maximum Gasteiger partial charge on any atom is 0.259 e. The highest BCUT2D eigenvalue weighted by molar-refractivity contribution is 9.09. The first-order chi connectivity index (χ1) is 7.61. The third-order valence-corrected chi connectivity index (χ3v) is 3.02. The second-order valence-electron chi connectivity index (χ2n) is 3.33. The number of alkyl halides is 1. The fraction of sp³-hybridized carbons (Fsp3) is 0.444. The van der Waals surface area contributed by atoms with Crippen LogP contribution in [-0.2, 0) is 4.79 Å². The Hall–Kier alpha value is -0.880. The molecule has 86 valence electrons. The summed E-state index contributed by atoms with van der Waals surface area (Å²) >= 11 is 9.10. The van der Waals surface area contributed by atoms with Gasteiger partial charge in [0.1, 0.15) is 0 Å². The zero-order chi connectivity index (χ0) is 11.7. The summed E-state index contributed by atoms with van der Waals surface area (Å²) in [6.45, 7) is 0.561. The molecule has 1 fully saturated rings. The monoisotopic (exact) mass is 305 g/mol. The van der Waals surface area contributed by atoms with Crippen LogP contribution in [-0.4, -0.2) is 34.4 Å². The first-order valence-electron chi connectivity index (χ1n) is 4.62. The minimum absolute atomic E-state index is 0.00297. The molecule has 7 heteroatoms. The highest BCUT2D eigenvalue weighted by Gasteiger charge is 2.32. The van der Waals surface area contributed by atoms with Gasteiger partial charge in [-0.25, -0.2) is 4.98 Å². The lowest BCUT2D eigenvalue weighted by Gasteiger charge is -2.16. The van der Waals surface area contributed by atoms with E-state index in [-0.39, 0.29) is 21.8 Å². The van der Waals surface area contributed by atoms with E-state index in [2.05, 4.69) is 25.9 Å². The largest absolute Gasteiger partial charge is 0.478 e. The average molecular weight is 307 g/mol. The Bertz CT molecular complexity index is 429. The van der Waals surface area contributed by atoms with Crippen LogP contribution >= 0.6 is 27.5 Å². The van der Waals surface area contributed by atoms with Crippen molar-refractivity contribution < 1.29 is 9.53 Å². The van der Waals surface area contributed by atoms with Crippen LogP contribution in [0.15, 0.2) is 6.20 Å². The van der Waals surface area contributed by atoms with Gasteiger partial charge in [-0.1, -0.05) is 27.5 Å². The minimum atomic E-state index is -0.00297. The normalized spacial score (nSPS) is 20.3. The molecule has 0 spiro atoms. The van der Waals surface area contributed by atoms with Crippen molar-refractivity contribution in [1.82, 2.24) is 9.97 Å². The Morgan fingerprint density at radius 1 is 1.69 bits per heavy atom. The van der Waals surface area contributed by atoms with Crippen LogP contribution in [0.2, 0.25) is 5.15 Å². The first-order valence-corrected chi connectivity index (χ1v) is 5.92. The van der Waals surface area contributed by atoms with Crippen molar-refractivity contribution in [2.24, 2.45) is 0 Å². The number of rotatable bonds is 2. The third kappa shape index (κ3) is 2.12. The summed E-state index contributed by atoms with van der Waals surface area (Å²) in [6, 6.07) is 0. The van der Waals surface area contributed by atoms with Crippen molar-refractivity contribution in [3.05, 3.63) is 11.3 Å². The topological polar surface area (TPSA) is 55.3 Å². The molecule has 1 aliphatic heterocycles. The van der Waals surface area contributed by atoms with Crippen LogP contribution in [0, 0.1) is 0 Å². The molecule has 1 aliphatic rings.